The summed E-state index contributed by atoms with van der Waals surface area (Å²) in [5, 5.41) is 10.5. The van der Waals surface area contributed by atoms with Crippen LogP contribution in [0.2, 0.25) is 0 Å². The Morgan fingerprint density at radius 1 is 1.27 bits per heavy atom. The maximum Gasteiger partial charge on any atom is 0.0905 e. The third-order valence-corrected chi connectivity index (χ3v) is 2.60. The van der Waals surface area contributed by atoms with Crippen LogP contribution in [0.15, 0.2) is 0 Å². The van der Waals surface area contributed by atoms with Crippen LogP contribution in [0, 0.1) is 5.41 Å². The standard InChI is InChI=1S/C10H22N4.CH4/c11-10(12)4-3-8-14-7-2-1-5-13-6-9-14;/h13H,1-9H2,(H3,11,12);1H4. The van der Waals surface area contributed by atoms with Crippen LogP contribution in [0.25, 0.3) is 0 Å². The first-order valence-corrected chi connectivity index (χ1v) is 5.55. The van der Waals surface area contributed by atoms with E-state index in [1.807, 2.05) is 0 Å². The lowest BCUT2D eigenvalue weighted by Crippen LogP contribution is -2.36. The molecule has 90 valence electrons. The van der Waals surface area contributed by atoms with Gasteiger partial charge in [0.15, 0.2) is 0 Å². The lowest BCUT2D eigenvalue weighted by atomic mass is 10.2. The number of hydrogen-bond acceptors (Lipinski definition) is 3. The number of amidine groups is 1. The second kappa shape index (κ2) is 8.68. The highest BCUT2D eigenvalue weighted by Crippen LogP contribution is 2.00. The van der Waals surface area contributed by atoms with E-state index in [4.69, 9.17) is 11.1 Å². The number of nitrogens with two attached hydrogens (primary N) is 1. The molecule has 1 fully saturated rings. The SMILES string of the molecule is C.N=C(N)CCCN1CCCCNCC1. The highest BCUT2D eigenvalue weighted by atomic mass is 15.1. The molecule has 15 heavy (non-hydrogen) atoms. The van der Waals surface area contributed by atoms with Gasteiger partial charge in [0.25, 0.3) is 0 Å². The normalized spacial score (nSPS) is 18.7. The monoisotopic (exact) mass is 214 g/mol. The average Bonchev–Trinajstić information content (AvgIpc) is 2.07. The smallest absolute Gasteiger partial charge is 0.0905 e. The summed E-state index contributed by atoms with van der Waals surface area (Å²) >= 11 is 0. The van der Waals surface area contributed by atoms with Crippen molar-refractivity contribution < 1.29 is 0 Å². The number of nitrogens with one attached hydrogen (secondary N) is 2. The van der Waals surface area contributed by atoms with Crippen LogP contribution in [0.1, 0.15) is 33.1 Å². The van der Waals surface area contributed by atoms with Gasteiger partial charge in [-0.25, -0.2) is 0 Å². The Balaban J connectivity index is 0.00000196. The lowest BCUT2D eigenvalue weighted by molar-refractivity contribution is 0.253. The highest BCUT2D eigenvalue weighted by molar-refractivity contribution is 5.76. The van der Waals surface area contributed by atoms with Gasteiger partial charge >= 0.3 is 0 Å². The van der Waals surface area contributed by atoms with E-state index in [1.54, 1.807) is 0 Å². The molecule has 0 aromatic heterocycles. The van der Waals surface area contributed by atoms with Crippen LogP contribution >= 0.6 is 0 Å². The van der Waals surface area contributed by atoms with Gasteiger partial charge in [-0.2, -0.15) is 0 Å². The Labute approximate surface area is 93.7 Å². The second-order valence-corrected chi connectivity index (χ2v) is 3.93. The van der Waals surface area contributed by atoms with E-state index in [1.165, 1.54) is 25.9 Å². The maximum absolute atomic E-state index is 7.14. The fourth-order valence-electron chi connectivity index (χ4n) is 1.78. The topological polar surface area (TPSA) is 65.1 Å². The van der Waals surface area contributed by atoms with E-state index >= 15 is 0 Å². The van der Waals surface area contributed by atoms with Gasteiger partial charge in [-0.3, -0.25) is 5.41 Å². The Hall–Kier alpha value is -0.610. The summed E-state index contributed by atoms with van der Waals surface area (Å²) in [6, 6.07) is 0. The average molecular weight is 214 g/mol. The molecule has 0 unspecified atom stereocenters. The zero-order valence-corrected chi connectivity index (χ0v) is 8.89. The Bertz CT molecular complexity index is 162. The van der Waals surface area contributed by atoms with Gasteiger partial charge in [0.1, 0.15) is 0 Å². The fraction of sp³-hybridized carbons (Fsp3) is 0.909. The van der Waals surface area contributed by atoms with Crippen molar-refractivity contribution in [1.82, 2.24) is 10.2 Å². The summed E-state index contributed by atoms with van der Waals surface area (Å²) < 4.78 is 0. The molecule has 0 atom stereocenters. The van der Waals surface area contributed by atoms with Crippen molar-refractivity contribution in [3.63, 3.8) is 0 Å². The summed E-state index contributed by atoms with van der Waals surface area (Å²) in [5.74, 6) is 0.315. The molecule has 0 radical (unpaired) electrons. The predicted octanol–water partition coefficient (Wildman–Crippen LogP) is 1.02. The number of hydrogen-bond donors (Lipinski definition) is 3. The van der Waals surface area contributed by atoms with Gasteiger partial charge in [-0.15, -0.1) is 0 Å². The third kappa shape index (κ3) is 7.33. The molecule has 4 heteroatoms. The minimum absolute atomic E-state index is 0. The van der Waals surface area contributed by atoms with Crippen molar-refractivity contribution in [2.75, 3.05) is 32.7 Å². The van der Waals surface area contributed by atoms with E-state index < -0.39 is 0 Å². The van der Waals surface area contributed by atoms with E-state index in [9.17, 15) is 0 Å². The first-order valence-electron chi connectivity index (χ1n) is 5.55. The molecule has 0 bridgehead atoms. The maximum atomic E-state index is 7.14. The molecule has 0 aromatic carbocycles. The second-order valence-electron chi connectivity index (χ2n) is 3.93. The van der Waals surface area contributed by atoms with Gasteiger partial charge in [0.05, 0.1) is 5.84 Å². The van der Waals surface area contributed by atoms with Crippen LogP contribution in [0.5, 0.6) is 0 Å². The lowest BCUT2D eigenvalue weighted by Gasteiger charge is -2.24. The number of rotatable bonds is 4. The van der Waals surface area contributed by atoms with Crippen LogP contribution in [0.3, 0.4) is 0 Å². The van der Waals surface area contributed by atoms with Crippen LogP contribution in [-0.2, 0) is 0 Å². The van der Waals surface area contributed by atoms with Crippen molar-refractivity contribution in [2.45, 2.75) is 33.1 Å². The first-order chi connectivity index (χ1) is 6.79. The van der Waals surface area contributed by atoms with E-state index in [-0.39, 0.29) is 7.43 Å². The molecular formula is C11H26N4. The van der Waals surface area contributed by atoms with Crippen molar-refractivity contribution in [3.05, 3.63) is 0 Å². The zero-order chi connectivity index (χ0) is 10.2. The molecule has 0 aliphatic carbocycles. The largest absolute Gasteiger partial charge is 0.388 e. The molecule has 1 aliphatic rings. The summed E-state index contributed by atoms with van der Waals surface area (Å²) in [5.41, 5.74) is 5.32. The summed E-state index contributed by atoms with van der Waals surface area (Å²) in [7, 11) is 0. The predicted molar refractivity (Wildman–Crippen MR) is 66.4 cm³/mol. The molecule has 1 aliphatic heterocycles. The summed E-state index contributed by atoms with van der Waals surface area (Å²) in [6.07, 6.45) is 4.33. The minimum atomic E-state index is 0. The van der Waals surface area contributed by atoms with Gasteiger partial charge in [0, 0.05) is 19.5 Å². The fourth-order valence-corrected chi connectivity index (χ4v) is 1.78. The molecule has 4 N–H and O–H groups in total. The molecule has 4 nitrogen and oxygen atoms in total. The molecule has 1 rings (SSSR count). The van der Waals surface area contributed by atoms with Crippen LogP contribution < -0.4 is 11.1 Å². The minimum Gasteiger partial charge on any atom is -0.388 e. The van der Waals surface area contributed by atoms with E-state index in [2.05, 4.69) is 10.2 Å². The van der Waals surface area contributed by atoms with Crippen molar-refractivity contribution in [2.24, 2.45) is 5.73 Å². The third-order valence-electron chi connectivity index (χ3n) is 2.60. The number of nitrogens with zero attached hydrogens (tertiary/aromatic N) is 1. The molecule has 1 saturated heterocycles. The van der Waals surface area contributed by atoms with Gasteiger partial charge in [-0.05, 0) is 38.9 Å². The Kier molecular flexibility index (Phi) is 8.33. The van der Waals surface area contributed by atoms with Crippen molar-refractivity contribution >= 4 is 5.84 Å². The Morgan fingerprint density at radius 3 is 2.80 bits per heavy atom. The molecule has 0 saturated carbocycles. The van der Waals surface area contributed by atoms with Crippen LogP contribution in [0.4, 0.5) is 0 Å². The van der Waals surface area contributed by atoms with Crippen molar-refractivity contribution in [1.29, 1.82) is 5.41 Å². The molecule has 0 amide bonds. The summed E-state index contributed by atoms with van der Waals surface area (Å²) in [4.78, 5) is 2.47. The van der Waals surface area contributed by atoms with Gasteiger partial charge in [-0.1, -0.05) is 7.43 Å². The quantitative estimate of drug-likeness (QED) is 0.483. The van der Waals surface area contributed by atoms with Gasteiger partial charge < -0.3 is 16.0 Å². The zero-order valence-electron chi connectivity index (χ0n) is 8.89. The summed E-state index contributed by atoms with van der Waals surface area (Å²) in [6.45, 7) is 5.69. The van der Waals surface area contributed by atoms with E-state index in [0.717, 1.165) is 32.5 Å². The van der Waals surface area contributed by atoms with E-state index in [0.29, 0.717) is 5.84 Å². The highest BCUT2D eigenvalue weighted by Gasteiger charge is 2.06. The molecule has 0 spiro atoms. The van der Waals surface area contributed by atoms with Crippen LogP contribution in [-0.4, -0.2) is 43.5 Å². The molecule has 0 aromatic rings. The Morgan fingerprint density at radius 2 is 2.07 bits per heavy atom. The molecule has 1 heterocycles. The van der Waals surface area contributed by atoms with Crippen molar-refractivity contribution in [3.8, 4) is 0 Å². The molecular weight excluding hydrogens is 188 g/mol. The van der Waals surface area contributed by atoms with Gasteiger partial charge in [0.2, 0.25) is 0 Å². The first kappa shape index (κ1) is 14.4.